The zero-order valence-electron chi connectivity index (χ0n) is 10.6. The molecule has 0 amide bonds. The Bertz CT molecular complexity index is 696. The van der Waals surface area contributed by atoms with Crippen molar-refractivity contribution in [2.75, 3.05) is 18.5 Å². The molecule has 2 aromatic rings. The highest BCUT2D eigenvalue weighted by molar-refractivity contribution is 5.80. The number of anilines is 1. The highest BCUT2D eigenvalue weighted by Gasteiger charge is 2.34. The number of rotatable bonds is 4. The maximum absolute atomic E-state index is 12.5. The molecule has 0 bridgehead atoms. The van der Waals surface area contributed by atoms with Crippen molar-refractivity contribution in [3.8, 4) is 0 Å². The summed E-state index contributed by atoms with van der Waals surface area (Å²) in [7, 11) is 0. The molecular formula is C13H12F3NO4. The van der Waals surface area contributed by atoms with Crippen LogP contribution in [0, 0.1) is 0 Å². The van der Waals surface area contributed by atoms with Gasteiger partial charge in [0.2, 0.25) is 5.76 Å². The van der Waals surface area contributed by atoms with E-state index in [2.05, 4.69) is 9.73 Å². The summed E-state index contributed by atoms with van der Waals surface area (Å²) in [5.41, 5.74) is -0.569. The maximum atomic E-state index is 12.5. The quantitative estimate of drug-likeness (QED) is 0.799. The topological polar surface area (TPSA) is 82.7 Å². The van der Waals surface area contributed by atoms with Crippen LogP contribution in [0.15, 0.2) is 33.5 Å². The summed E-state index contributed by atoms with van der Waals surface area (Å²) < 4.78 is 42.2. The van der Waals surface area contributed by atoms with Gasteiger partial charge < -0.3 is 19.9 Å². The van der Waals surface area contributed by atoms with Gasteiger partial charge >= 0.3 is 6.18 Å². The van der Waals surface area contributed by atoms with Gasteiger partial charge in [-0.1, -0.05) is 0 Å². The fraction of sp³-hybridized carbons (Fsp3) is 0.308. The molecule has 0 saturated carbocycles. The maximum Gasteiger partial charge on any atom is 0.449 e. The molecule has 0 aliphatic heterocycles. The lowest BCUT2D eigenvalue weighted by Crippen LogP contribution is -2.23. The van der Waals surface area contributed by atoms with E-state index < -0.39 is 30.1 Å². The van der Waals surface area contributed by atoms with E-state index in [4.69, 9.17) is 5.11 Å². The van der Waals surface area contributed by atoms with E-state index >= 15 is 0 Å². The molecule has 0 saturated heterocycles. The molecule has 0 fully saturated rings. The lowest BCUT2D eigenvalue weighted by Gasteiger charge is -2.11. The van der Waals surface area contributed by atoms with Crippen molar-refractivity contribution < 1.29 is 27.8 Å². The average molecular weight is 303 g/mol. The van der Waals surface area contributed by atoms with Crippen molar-refractivity contribution >= 4 is 16.7 Å². The molecule has 0 aliphatic rings. The third-order valence-corrected chi connectivity index (χ3v) is 2.76. The number of alkyl halides is 3. The van der Waals surface area contributed by atoms with Crippen LogP contribution in [0.3, 0.4) is 0 Å². The monoisotopic (exact) mass is 303 g/mol. The third-order valence-electron chi connectivity index (χ3n) is 2.76. The second-order valence-electron chi connectivity index (χ2n) is 4.40. The summed E-state index contributed by atoms with van der Waals surface area (Å²) >= 11 is 0. The van der Waals surface area contributed by atoms with Gasteiger partial charge in [-0.05, 0) is 18.2 Å². The van der Waals surface area contributed by atoms with Crippen molar-refractivity contribution in [2.24, 2.45) is 0 Å². The lowest BCUT2D eigenvalue weighted by atomic mass is 10.2. The average Bonchev–Trinajstić information content (AvgIpc) is 2.43. The molecule has 1 heterocycles. The number of fused-ring (bicyclic) bond motifs is 1. The number of aliphatic hydroxyl groups excluding tert-OH is 2. The van der Waals surface area contributed by atoms with Gasteiger partial charge in [-0.3, -0.25) is 4.79 Å². The molecular weight excluding hydrogens is 291 g/mol. The predicted octanol–water partition coefficient (Wildman–Crippen LogP) is 1.58. The van der Waals surface area contributed by atoms with Crippen molar-refractivity contribution in [1.29, 1.82) is 0 Å². The molecule has 2 rings (SSSR count). The van der Waals surface area contributed by atoms with E-state index in [1.54, 1.807) is 0 Å². The van der Waals surface area contributed by atoms with E-state index in [1.165, 1.54) is 18.2 Å². The number of hydrogen-bond acceptors (Lipinski definition) is 5. The Morgan fingerprint density at radius 1 is 1.29 bits per heavy atom. The van der Waals surface area contributed by atoms with Crippen LogP contribution in [0.25, 0.3) is 11.0 Å². The smallest absolute Gasteiger partial charge is 0.449 e. The molecule has 1 aromatic carbocycles. The summed E-state index contributed by atoms with van der Waals surface area (Å²) in [6.45, 7) is -0.397. The Kier molecular flexibility index (Phi) is 4.19. The second kappa shape index (κ2) is 5.74. The van der Waals surface area contributed by atoms with Crippen LogP contribution >= 0.6 is 0 Å². The minimum absolute atomic E-state index is 0.00788. The van der Waals surface area contributed by atoms with Crippen LogP contribution in [-0.4, -0.2) is 29.5 Å². The molecule has 21 heavy (non-hydrogen) atoms. The first-order valence-corrected chi connectivity index (χ1v) is 5.99. The van der Waals surface area contributed by atoms with Gasteiger partial charge in [0.05, 0.1) is 18.1 Å². The SMILES string of the molecule is O=c1cc(C(F)(F)F)oc2ccc(NCC(O)CO)cc12. The highest BCUT2D eigenvalue weighted by Crippen LogP contribution is 2.30. The summed E-state index contributed by atoms with van der Waals surface area (Å²) in [5.74, 6) is -1.35. The Hall–Kier alpha value is -2.06. The first-order valence-electron chi connectivity index (χ1n) is 5.99. The van der Waals surface area contributed by atoms with E-state index in [-0.39, 0.29) is 17.5 Å². The lowest BCUT2D eigenvalue weighted by molar-refractivity contribution is -0.152. The van der Waals surface area contributed by atoms with Crippen LogP contribution in [-0.2, 0) is 6.18 Å². The molecule has 3 N–H and O–H groups in total. The van der Waals surface area contributed by atoms with Crippen molar-refractivity contribution in [1.82, 2.24) is 0 Å². The van der Waals surface area contributed by atoms with Crippen LogP contribution < -0.4 is 10.7 Å². The number of benzene rings is 1. The Balaban J connectivity index is 2.36. The van der Waals surface area contributed by atoms with Crippen molar-refractivity contribution in [3.05, 3.63) is 40.2 Å². The number of nitrogens with one attached hydrogen (secondary N) is 1. The zero-order valence-corrected chi connectivity index (χ0v) is 10.6. The number of halogens is 3. The third kappa shape index (κ3) is 3.53. The van der Waals surface area contributed by atoms with E-state index in [1.807, 2.05) is 0 Å². The fourth-order valence-electron chi connectivity index (χ4n) is 1.71. The minimum Gasteiger partial charge on any atom is -0.451 e. The number of hydrogen-bond donors (Lipinski definition) is 3. The fourth-order valence-corrected chi connectivity index (χ4v) is 1.71. The van der Waals surface area contributed by atoms with Gasteiger partial charge in [0.15, 0.2) is 5.43 Å². The first kappa shape index (κ1) is 15.3. The summed E-state index contributed by atoms with van der Waals surface area (Å²) in [6, 6.07) is 4.37. The normalized spacial score (nSPS) is 13.4. The van der Waals surface area contributed by atoms with Crippen LogP contribution in [0.2, 0.25) is 0 Å². The van der Waals surface area contributed by atoms with Crippen molar-refractivity contribution in [3.63, 3.8) is 0 Å². The van der Waals surface area contributed by atoms with Crippen molar-refractivity contribution in [2.45, 2.75) is 12.3 Å². The molecule has 1 atom stereocenters. The molecule has 1 aromatic heterocycles. The molecule has 0 radical (unpaired) electrons. The molecule has 1 unspecified atom stereocenters. The molecule has 0 spiro atoms. The minimum atomic E-state index is -4.73. The van der Waals surface area contributed by atoms with Crippen LogP contribution in [0.5, 0.6) is 0 Å². The molecule has 5 nitrogen and oxygen atoms in total. The Labute approximate surface area is 116 Å². The van der Waals surface area contributed by atoms with Gasteiger partial charge in [-0.25, -0.2) is 0 Å². The molecule has 0 aliphatic carbocycles. The van der Waals surface area contributed by atoms with E-state index in [0.29, 0.717) is 11.8 Å². The summed E-state index contributed by atoms with van der Waals surface area (Å²) in [6.07, 6.45) is -5.71. The molecule has 114 valence electrons. The molecule has 8 heteroatoms. The van der Waals surface area contributed by atoms with Gasteiger partial charge in [0, 0.05) is 18.3 Å². The largest absolute Gasteiger partial charge is 0.451 e. The van der Waals surface area contributed by atoms with Gasteiger partial charge in [0.1, 0.15) is 5.58 Å². The summed E-state index contributed by atoms with van der Waals surface area (Å²) in [5, 5.41) is 20.6. The Morgan fingerprint density at radius 3 is 2.62 bits per heavy atom. The number of aliphatic hydroxyl groups is 2. The second-order valence-corrected chi connectivity index (χ2v) is 4.40. The van der Waals surface area contributed by atoms with Crippen LogP contribution in [0.4, 0.5) is 18.9 Å². The van der Waals surface area contributed by atoms with Gasteiger partial charge in [-0.2, -0.15) is 13.2 Å². The highest BCUT2D eigenvalue weighted by atomic mass is 19.4. The predicted molar refractivity (Wildman–Crippen MR) is 69.1 cm³/mol. The standard InChI is InChI=1S/C13H12F3NO4/c14-13(15,16)12-4-10(20)9-3-7(1-2-11(9)21-12)17-5-8(19)6-18/h1-4,8,17-19H,5-6H2. The van der Waals surface area contributed by atoms with E-state index in [9.17, 15) is 23.1 Å². The van der Waals surface area contributed by atoms with Gasteiger partial charge in [0.25, 0.3) is 0 Å². The first-order chi connectivity index (χ1) is 9.81. The Morgan fingerprint density at radius 2 is 2.00 bits per heavy atom. The summed E-state index contributed by atoms with van der Waals surface area (Å²) in [4.78, 5) is 11.7. The zero-order chi connectivity index (χ0) is 15.6. The van der Waals surface area contributed by atoms with Gasteiger partial charge in [-0.15, -0.1) is 0 Å². The van der Waals surface area contributed by atoms with E-state index in [0.717, 1.165) is 0 Å². The van der Waals surface area contributed by atoms with Crippen LogP contribution in [0.1, 0.15) is 5.76 Å².